The molecule has 4 nitrogen and oxygen atoms in total. The summed E-state index contributed by atoms with van der Waals surface area (Å²) < 4.78 is 0. The fourth-order valence-electron chi connectivity index (χ4n) is 2.46. The first-order chi connectivity index (χ1) is 9.96. The maximum Gasteiger partial charge on any atom is 0.255 e. The number of hydrogen-bond donors (Lipinski definition) is 1. The third-order valence-corrected chi connectivity index (χ3v) is 5.07. The van der Waals surface area contributed by atoms with Crippen LogP contribution in [0, 0.1) is 0 Å². The monoisotopic (exact) mass is 308 g/mol. The molecule has 1 amide bonds. The first-order valence-electron chi connectivity index (χ1n) is 7.32. The fourth-order valence-corrected chi connectivity index (χ4v) is 3.70. The maximum absolute atomic E-state index is 12.5. The highest BCUT2D eigenvalue weighted by Crippen LogP contribution is 2.30. The summed E-state index contributed by atoms with van der Waals surface area (Å²) in [5.74, 6) is 1.24. The first-order valence-corrected chi connectivity index (χ1v) is 8.47. The molecule has 0 spiro atoms. The van der Waals surface area contributed by atoms with Crippen LogP contribution in [0.5, 0.6) is 0 Å². The van der Waals surface area contributed by atoms with Gasteiger partial charge in [0.1, 0.15) is 0 Å². The van der Waals surface area contributed by atoms with Crippen molar-refractivity contribution in [2.24, 2.45) is 0 Å². The largest absolute Gasteiger partial charge is 0.379 e. The number of aliphatic hydroxyl groups is 1. The minimum absolute atomic E-state index is 0.133. The second-order valence-corrected chi connectivity index (χ2v) is 6.82. The van der Waals surface area contributed by atoms with Gasteiger partial charge < -0.3 is 14.9 Å². The lowest BCUT2D eigenvalue weighted by atomic mass is 10.0. The van der Waals surface area contributed by atoms with Crippen LogP contribution in [0.3, 0.4) is 0 Å². The van der Waals surface area contributed by atoms with Crippen molar-refractivity contribution in [3.63, 3.8) is 0 Å². The second-order valence-electron chi connectivity index (χ2n) is 5.71. The van der Waals surface area contributed by atoms with Crippen LogP contribution in [0.25, 0.3) is 0 Å². The van der Waals surface area contributed by atoms with E-state index in [1.807, 2.05) is 50.2 Å². The summed E-state index contributed by atoms with van der Waals surface area (Å²) in [6, 6.07) is 8.18. The SMILES string of the molecule is CCN(Cc1ccc(N(C)C)cc1)C(=O)C1(O)CCSC1. The molecule has 1 fully saturated rings. The number of carbonyl (C=O) groups is 1. The highest BCUT2D eigenvalue weighted by atomic mass is 32.2. The molecule has 0 radical (unpaired) electrons. The lowest BCUT2D eigenvalue weighted by Crippen LogP contribution is -2.48. The van der Waals surface area contributed by atoms with Gasteiger partial charge in [-0.2, -0.15) is 11.8 Å². The second kappa shape index (κ2) is 6.71. The summed E-state index contributed by atoms with van der Waals surface area (Å²) in [6.07, 6.45) is 0.562. The Hall–Kier alpha value is -1.20. The summed E-state index contributed by atoms with van der Waals surface area (Å²) in [5.41, 5.74) is 1.06. The van der Waals surface area contributed by atoms with E-state index in [0.717, 1.165) is 17.0 Å². The normalized spacial score (nSPS) is 21.3. The number of nitrogens with zero attached hydrogens (tertiary/aromatic N) is 2. The third-order valence-electron chi connectivity index (χ3n) is 3.89. The zero-order chi connectivity index (χ0) is 15.5. The van der Waals surface area contributed by atoms with Crippen molar-refractivity contribution in [3.05, 3.63) is 29.8 Å². The van der Waals surface area contributed by atoms with Gasteiger partial charge in [0, 0.05) is 38.6 Å². The molecule has 1 N–H and O–H groups in total. The summed E-state index contributed by atoms with van der Waals surface area (Å²) in [5, 5.41) is 10.4. The van der Waals surface area contributed by atoms with Gasteiger partial charge in [0.25, 0.3) is 5.91 Å². The molecule has 1 aromatic carbocycles. The Morgan fingerprint density at radius 1 is 1.33 bits per heavy atom. The number of amides is 1. The minimum Gasteiger partial charge on any atom is -0.379 e. The number of benzene rings is 1. The Labute approximate surface area is 131 Å². The van der Waals surface area contributed by atoms with Gasteiger partial charge in [0.05, 0.1) is 0 Å². The van der Waals surface area contributed by atoms with E-state index in [-0.39, 0.29) is 5.91 Å². The number of anilines is 1. The number of hydrogen-bond acceptors (Lipinski definition) is 4. The van der Waals surface area contributed by atoms with E-state index in [1.165, 1.54) is 0 Å². The lowest BCUT2D eigenvalue weighted by molar-refractivity contribution is -0.149. The van der Waals surface area contributed by atoms with Gasteiger partial charge in [-0.1, -0.05) is 12.1 Å². The molecule has 1 unspecified atom stereocenters. The van der Waals surface area contributed by atoms with Gasteiger partial charge in [-0.05, 0) is 36.8 Å². The van der Waals surface area contributed by atoms with Gasteiger partial charge in [-0.3, -0.25) is 4.79 Å². The maximum atomic E-state index is 12.5. The molecule has 1 aliphatic rings. The Kier molecular flexibility index (Phi) is 5.17. The van der Waals surface area contributed by atoms with Crippen LogP contribution in [0.4, 0.5) is 5.69 Å². The quantitative estimate of drug-likeness (QED) is 0.903. The molecule has 0 aromatic heterocycles. The molecule has 21 heavy (non-hydrogen) atoms. The molecule has 1 aliphatic heterocycles. The van der Waals surface area contributed by atoms with Crippen LogP contribution in [-0.4, -0.2) is 53.7 Å². The van der Waals surface area contributed by atoms with Crippen molar-refractivity contribution in [2.75, 3.05) is 37.0 Å². The molecule has 0 bridgehead atoms. The molecular weight excluding hydrogens is 284 g/mol. The number of thioether (sulfide) groups is 1. The third kappa shape index (κ3) is 3.71. The van der Waals surface area contributed by atoms with E-state index in [4.69, 9.17) is 0 Å². The number of carbonyl (C=O) groups excluding carboxylic acids is 1. The molecule has 1 heterocycles. The van der Waals surface area contributed by atoms with Crippen LogP contribution in [0.1, 0.15) is 18.9 Å². The van der Waals surface area contributed by atoms with Gasteiger partial charge in [-0.25, -0.2) is 0 Å². The standard InChI is InChI=1S/C16H24N2O2S/c1-4-18(15(19)16(20)9-10-21-12-16)11-13-5-7-14(8-6-13)17(2)3/h5-8,20H,4,9-12H2,1-3H3. The van der Waals surface area contributed by atoms with Crippen molar-refractivity contribution >= 4 is 23.4 Å². The molecular formula is C16H24N2O2S. The summed E-state index contributed by atoms with van der Waals surface area (Å²) >= 11 is 1.65. The summed E-state index contributed by atoms with van der Waals surface area (Å²) in [6.45, 7) is 3.12. The molecule has 1 saturated heterocycles. The van der Waals surface area contributed by atoms with Crippen molar-refractivity contribution < 1.29 is 9.90 Å². The molecule has 2 rings (SSSR count). The highest BCUT2D eigenvalue weighted by Gasteiger charge is 2.41. The van der Waals surface area contributed by atoms with Gasteiger partial charge >= 0.3 is 0 Å². The average molecular weight is 308 g/mol. The van der Waals surface area contributed by atoms with Crippen molar-refractivity contribution in [3.8, 4) is 0 Å². The molecule has 0 aliphatic carbocycles. The Morgan fingerprint density at radius 2 is 2.00 bits per heavy atom. The van der Waals surface area contributed by atoms with E-state index < -0.39 is 5.60 Å². The van der Waals surface area contributed by atoms with E-state index >= 15 is 0 Å². The Bertz CT molecular complexity index is 482. The van der Waals surface area contributed by atoms with Crippen LogP contribution in [-0.2, 0) is 11.3 Å². The zero-order valence-corrected chi connectivity index (χ0v) is 13.8. The summed E-state index contributed by atoms with van der Waals surface area (Å²) in [7, 11) is 4.01. The Morgan fingerprint density at radius 3 is 2.48 bits per heavy atom. The van der Waals surface area contributed by atoms with E-state index in [0.29, 0.717) is 25.3 Å². The van der Waals surface area contributed by atoms with Crippen LogP contribution in [0.15, 0.2) is 24.3 Å². The number of likely N-dealkylation sites (N-methyl/N-ethyl adjacent to an activating group) is 1. The fraction of sp³-hybridized carbons (Fsp3) is 0.562. The smallest absolute Gasteiger partial charge is 0.255 e. The van der Waals surface area contributed by atoms with Crippen molar-refractivity contribution in [1.82, 2.24) is 4.90 Å². The van der Waals surface area contributed by atoms with E-state index in [9.17, 15) is 9.90 Å². The van der Waals surface area contributed by atoms with Gasteiger partial charge in [0.15, 0.2) is 5.60 Å². The van der Waals surface area contributed by atoms with Gasteiger partial charge in [-0.15, -0.1) is 0 Å². The molecule has 1 atom stereocenters. The molecule has 1 aromatic rings. The van der Waals surface area contributed by atoms with Crippen molar-refractivity contribution in [2.45, 2.75) is 25.5 Å². The van der Waals surface area contributed by atoms with Crippen LogP contribution < -0.4 is 4.90 Å². The predicted octanol–water partition coefficient (Wildman–Crippen LogP) is 1.97. The minimum atomic E-state index is -1.16. The van der Waals surface area contributed by atoms with Crippen LogP contribution in [0.2, 0.25) is 0 Å². The lowest BCUT2D eigenvalue weighted by Gasteiger charge is -2.29. The molecule has 116 valence electrons. The van der Waals surface area contributed by atoms with Crippen LogP contribution >= 0.6 is 11.8 Å². The topological polar surface area (TPSA) is 43.8 Å². The summed E-state index contributed by atoms with van der Waals surface area (Å²) in [4.78, 5) is 16.3. The molecule has 0 saturated carbocycles. The molecule has 5 heteroatoms. The van der Waals surface area contributed by atoms with Crippen molar-refractivity contribution in [1.29, 1.82) is 0 Å². The van der Waals surface area contributed by atoms with E-state index in [1.54, 1.807) is 16.7 Å². The number of rotatable bonds is 5. The predicted molar refractivity (Wildman–Crippen MR) is 88.8 cm³/mol. The van der Waals surface area contributed by atoms with E-state index in [2.05, 4.69) is 0 Å². The zero-order valence-electron chi connectivity index (χ0n) is 13.0. The Balaban J connectivity index is 2.06. The highest BCUT2D eigenvalue weighted by molar-refractivity contribution is 7.99. The van der Waals surface area contributed by atoms with Gasteiger partial charge in [0.2, 0.25) is 0 Å². The average Bonchev–Trinajstić information content (AvgIpc) is 2.92. The first kappa shape index (κ1) is 16.2.